The molecule has 0 aliphatic carbocycles. The number of hydrogen-bond acceptors (Lipinski definition) is 4. The molecule has 0 atom stereocenters. The molecule has 2 aromatic heterocycles. The van der Waals surface area contributed by atoms with Crippen molar-refractivity contribution in [2.45, 2.75) is 13.8 Å². The second-order valence-electron chi connectivity index (χ2n) is 5.84. The van der Waals surface area contributed by atoms with Crippen molar-refractivity contribution >= 4 is 33.7 Å². The summed E-state index contributed by atoms with van der Waals surface area (Å²) in [6.45, 7) is 3.78. The minimum Gasteiger partial charge on any atom is -0.361 e. The van der Waals surface area contributed by atoms with Gasteiger partial charge in [-0.05, 0) is 37.4 Å². The van der Waals surface area contributed by atoms with E-state index in [-0.39, 0.29) is 5.91 Å². The van der Waals surface area contributed by atoms with E-state index in [0.29, 0.717) is 4.88 Å². The lowest BCUT2D eigenvalue weighted by Crippen LogP contribution is -2.10. The zero-order valence-electron chi connectivity index (χ0n) is 13.9. The molecule has 1 N–H and O–H groups in total. The van der Waals surface area contributed by atoms with Gasteiger partial charge < -0.3 is 9.84 Å². The van der Waals surface area contributed by atoms with Gasteiger partial charge in [0.15, 0.2) is 0 Å². The number of carbonyl (C=O) groups is 1. The third-order valence-electron chi connectivity index (χ3n) is 4.15. The van der Waals surface area contributed by atoms with Crippen LogP contribution in [-0.2, 0) is 0 Å². The Morgan fingerprint density at radius 2 is 1.84 bits per heavy atom. The van der Waals surface area contributed by atoms with Gasteiger partial charge in [-0.3, -0.25) is 4.79 Å². The van der Waals surface area contributed by atoms with Gasteiger partial charge in [0, 0.05) is 16.0 Å². The first-order chi connectivity index (χ1) is 12.1. The van der Waals surface area contributed by atoms with E-state index in [1.807, 2.05) is 68.4 Å². The molecule has 0 bridgehead atoms. The Kier molecular flexibility index (Phi) is 3.86. The van der Waals surface area contributed by atoms with Crippen molar-refractivity contribution in [1.82, 2.24) is 5.16 Å². The van der Waals surface area contributed by atoms with Crippen molar-refractivity contribution in [1.29, 1.82) is 0 Å². The van der Waals surface area contributed by atoms with Crippen molar-refractivity contribution < 1.29 is 9.32 Å². The molecule has 0 aliphatic heterocycles. The van der Waals surface area contributed by atoms with Crippen molar-refractivity contribution in [2.24, 2.45) is 0 Å². The van der Waals surface area contributed by atoms with Gasteiger partial charge in [0.1, 0.15) is 5.76 Å². The molecule has 124 valence electrons. The molecule has 2 aromatic carbocycles. The van der Waals surface area contributed by atoms with E-state index < -0.39 is 0 Å². The summed E-state index contributed by atoms with van der Waals surface area (Å²) in [5.41, 5.74) is 2.62. The van der Waals surface area contributed by atoms with Crippen LogP contribution >= 0.6 is 11.3 Å². The number of benzene rings is 2. The van der Waals surface area contributed by atoms with Crippen LogP contribution in [0.2, 0.25) is 0 Å². The van der Waals surface area contributed by atoms with Gasteiger partial charge in [-0.15, -0.1) is 11.3 Å². The Balaban J connectivity index is 1.64. The van der Waals surface area contributed by atoms with Crippen LogP contribution in [0.4, 0.5) is 5.69 Å². The molecular formula is C20H16N2O2S. The zero-order valence-corrected chi connectivity index (χ0v) is 14.7. The molecule has 0 unspecified atom stereocenters. The monoisotopic (exact) mass is 348 g/mol. The molecule has 25 heavy (non-hydrogen) atoms. The standard InChI is InChI=1S/C20H16N2O2S/c1-12-19(13(2)24-22-12)17-10-11-18(25-17)20(23)21-16-9-5-7-14-6-3-4-8-15(14)16/h3-11H,1-2H3,(H,21,23). The van der Waals surface area contributed by atoms with E-state index in [2.05, 4.69) is 10.5 Å². The Morgan fingerprint density at radius 1 is 1.04 bits per heavy atom. The zero-order chi connectivity index (χ0) is 17.4. The molecule has 2 heterocycles. The molecule has 0 spiro atoms. The summed E-state index contributed by atoms with van der Waals surface area (Å²) in [5, 5.41) is 9.13. The molecule has 5 heteroatoms. The lowest BCUT2D eigenvalue weighted by atomic mass is 10.1. The molecule has 4 rings (SSSR count). The van der Waals surface area contributed by atoms with Crippen LogP contribution in [0.1, 0.15) is 21.1 Å². The first-order valence-corrected chi connectivity index (χ1v) is 8.77. The van der Waals surface area contributed by atoms with Crippen LogP contribution < -0.4 is 5.32 Å². The number of nitrogens with zero attached hydrogens (tertiary/aromatic N) is 1. The van der Waals surface area contributed by atoms with Crippen LogP contribution in [0.15, 0.2) is 59.1 Å². The lowest BCUT2D eigenvalue weighted by Gasteiger charge is -2.07. The van der Waals surface area contributed by atoms with Gasteiger partial charge in [0.05, 0.1) is 16.1 Å². The van der Waals surface area contributed by atoms with E-state index in [1.54, 1.807) is 0 Å². The quantitative estimate of drug-likeness (QED) is 0.537. The Bertz CT molecular complexity index is 1050. The van der Waals surface area contributed by atoms with E-state index in [0.717, 1.165) is 38.4 Å². The average Bonchev–Trinajstić information content (AvgIpc) is 3.22. The maximum atomic E-state index is 12.7. The van der Waals surface area contributed by atoms with Crippen LogP contribution in [0.25, 0.3) is 21.2 Å². The molecule has 1 amide bonds. The number of aromatic nitrogens is 1. The highest BCUT2D eigenvalue weighted by Crippen LogP contribution is 2.33. The van der Waals surface area contributed by atoms with E-state index in [1.165, 1.54) is 11.3 Å². The number of hydrogen-bond donors (Lipinski definition) is 1. The second-order valence-corrected chi connectivity index (χ2v) is 6.93. The van der Waals surface area contributed by atoms with Crippen LogP contribution in [0.3, 0.4) is 0 Å². The number of carbonyl (C=O) groups excluding carboxylic acids is 1. The van der Waals surface area contributed by atoms with E-state index in [9.17, 15) is 4.79 Å². The number of fused-ring (bicyclic) bond motifs is 1. The molecule has 4 nitrogen and oxygen atoms in total. The van der Waals surface area contributed by atoms with Gasteiger partial charge in [0.2, 0.25) is 0 Å². The smallest absolute Gasteiger partial charge is 0.265 e. The summed E-state index contributed by atoms with van der Waals surface area (Å²) in [4.78, 5) is 14.3. The van der Waals surface area contributed by atoms with Gasteiger partial charge in [-0.2, -0.15) is 0 Å². The molecule has 0 saturated heterocycles. The molecule has 0 aliphatic rings. The highest BCUT2D eigenvalue weighted by Gasteiger charge is 2.16. The number of nitrogens with one attached hydrogen (secondary N) is 1. The minimum absolute atomic E-state index is 0.112. The summed E-state index contributed by atoms with van der Waals surface area (Å²) < 4.78 is 5.22. The summed E-state index contributed by atoms with van der Waals surface area (Å²) in [6.07, 6.45) is 0. The summed E-state index contributed by atoms with van der Waals surface area (Å²) in [6, 6.07) is 17.7. The first kappa shape index (κ1) is 15.6. The third kappa shape index (κ3) is 2.83. The van der Waals surface area contributed by atoms with Gasteiger partial charge >= 0.3 is 0 Å². The van der Waals surface area contributed by atoms with Crippen molar-refractivity contribution in [3.05, 3.63) is 70.9 Å². The van der Waals surface area contributed by atoms with Crippen molar-refractivity contribution in [3.8, 4) is 10.4 Å². The maximum Gasteiger partial charge on any atom is 0.265 e. The fraction of sp³-hybridized carbons (Fsp3) is 0.100. The number of amides is 1. The lowest BCUT2D eigenvalue weighted by molar-refractivity contribution is 0.103. The second kappa shape index (κ2) is 6.18. The Labute approximate surface area is 149 Å². The van der Waals surface area contributed by atoms with Crippen molar-refractivity contribution in [3.63, 3.8) is 0 Å². The molecule has 4 aromatic rings. The normalized spacial score (nSPS) is 11.0. The largest absolute Gasteiger partial charge is 0.361 e. The molecule has 0 fully saturated rings. The molecule has 0 saturated carbocycles. The molecule has 0 radical (unpaired) electrons. The van der Waals surface area contributed by atoms with Crippen LogP contribution in [-0.4, -0.2) is 11.1 Å². The van der Waals surface area contributed by atoms with Crippen molar-refractivity contribution in [2.75, 3.05) is 5.32 Å². The number of thiophene rings is 1. The van der Waals surface area contributed by atoms with Gasteiger partial charge in [-0.1, -0.05) is 41.6 Å². The van der Waals surface area contributed by atoms with E-state index in [4.69, 9.17) is 4.52 Å². The van der Waals surface area contributed by atoms with Crippen LogP contribution in [0.5, 0.6) is 0 Å². The Hall–Kier alpha value is -2.92. The summed E-state index contributed by atoms with van der Waals surface area (Å²) in [7, 11) is 0. The SMILES string of the molecule is Cc1noc(C)c1-c1ccc(C(=O)Nc2cccc3ccccc23)s1. The number of rotatable bonds is 3. The minimum atomic E-state index is -0.112. The highest BCUT2D eigenvalue weighted by molar-refractivity contribution is 7.17. The fourth-order valence-electron chi connectivity index (χ4n) is 2.95. The topological polar surface area (TPSA) is 55.1 Å². The summed E-state index contributed by atoms with van der Waals surface area (Å²) in [5.74, 6) is 0.653. The molecular weight excluding hydrogens is 332 g/mol. The first-order valence-electron chi connectivity index (χ1n) is 7.95. The van der Waals surface area contributed by atoms with Crippen LogP contribution in [0, 0.1) is 13.8 Å². The predicted octanol–water partition coefficient (Wildman–Crippen LogP) is 5.43. The fourth-order valence-corrected chi connectivity index (χ4v) is 3.99. The predicted molar refractivity (Wildman–Crippen MR) is 101 cm³/mol. The third-order valence-corrected chi connectivity index (χ3v) is 5.25. The average molecular weight is 348 g/mol. The summed E-state index contributed by atoms with van der Waals surface area (Å²) >= 11 is 1.44. The highest BCUT2D eigenvalue weighted by atomic mass is 32.1. The number of anilines is 1. The van der Waals surface area contributed by atoms with Gasteiger partial charge in [0.25, 0.3) is 5.91 Å². The van der Waals surface area contributed by atoms with E-state index >= 15 is 0 Å². The maximum absolute atomic E-state index is 12.7. The van der Waals surface area contributed by atoms with Gasteiger partial charge in [-0.25, -0.2) is 0 Å². The Morgan fingerprint density at radius 3 is 2.64 bits per heavy atom. The number of aryl methyl sites for hydroxylation is 2.